The van der Waals surface area contributed by atoms with E-state index in [0.717, 1.165) is 11.8 Å². The Morgan fingerprint density at radius 2 is 1.76 bits per heavy atom. The summed E-state index contributed by atoms with van der Waals surface area (Å²) in [6, 6.07) is 5.67. The molecule has 0 saturated heterocycles. The fourth-order valence-electron chi connectivity index (χ4n) is 1.46. The van der Waals surface area contributed by atoms with Gasteiger partial charge in [-0.05, 0) is 24.6 Å². The number of ether oxygens (including phenoxy) is 1. The highest BCUT2D eigenvalue weighted by Gasteiger charge is 2.07. The van der Waals surface area contributed by atoms with Crippen molar-refractivity contribution in [1.29, 1.82) is 0 Å². The first-order valence-corrected chi connectivity index (χ1v) is 8.18. The number of hydrogen-bond donors (Lipinski definition) is 2. The minimum absolute atomic E-state index is 0.202. The van der Waals surface area contributed by atoms with Crippen LogP contribution in [0.25, 0.3) is 0 Å². The van der Waals surface area contributed by atoms with Crippen LogP contribution in [0.1, 0.15) is 12.5 Å². The van der Waals surface area contributed by atoms with Gasteiger partial charge in [0.05, 0.1) is 11.5 Å². The summed E-state index contributed by atoms with van der Waals surface area (Å²) in [4.78, 5) is 22.7. The van der Waals surface area contributed by atoms with Crippen molar-refractivity contribution in [3.05, 3.63) is 29.8 Å². The lowest BCUT2D eigenvalue weighted by Gasteiger charge is -2.07. The maximum Gasteiger partial charge on any atom is 0.325 e. The molecule has 8 heteroatoms. The third-order valence-electron chi connectivity index (χ3n) is 2.50. The first-order chi connectivity index (χ1) is 9.82. The molecule has 1 rings (SSSR count). The van der Waals surface area contributed by atoms with Crippen molar-refractivity contribution in [2.75, 3.05) is 19.4 Å². The molecule has 21 heavy (non-hydrogen) atoms. The van der Waals surface area contributed by atoms with E-state index in [1.165, 1.54) is 12.1 Å². The van der Waals surface area contributed by atoms with Crippen molar-refractivity contribution in [1.82, 2.24) is 10.6 Å². The molecule has 0 spiro atoms. The van der Waals surface area contributed by atoms with Crippen molar-refractivity contribution in [2.24, 2.45) is 0 Å². The zero-order chi connectivity index (χ0) is 15.9. The van der Waals surface area contributed by atoms with Gasteiger partial charge in [0, 0.05) is 12.8 Å². The van der Waals surface area contributed by atoms with Gasteiger partial charge in [-0.15, -0.1) is 0 Å². The molecule has 0 bridgehead atoms. The van der Waals surface area contributed by atoms with E-state index in [9.17, 15) is 18.0 Å². The molecule has 1 aromatic rings. The van der Waals surface area contributed by atoms with E-state index in [4.69, 9.17) is 0 Å². The number of benzene rings is 1. The summed E-state index contributed by atoms with van der Waals surface area (Å²) in [7, 11) is -3.23. The fourth-order valence-corrected chi connectivity index (χ4v) is 2.09. The second-order valence-electron chi connectivity index (χ2n) is 4.26. The third kappa shape index (κ3) is 6.26. The predicted molar refractivity (Wildman–Crippen MR) is 76.4 cm³/mol. The zero-order valence-electron chi connectivity index (χ0n) is 11.9. The fraction of sp³-hybridized carbons (Fsp3) is 0.385. The Balaban J connectivity index is 2.41. The number of nitrogens with one attached hydrogen (secondary N) is 2. The van der Waals surface area contributed by atoms with Crippen LogP contribution in [0.2, 0.25) is 0 Å². The minimum atomic E-state index is -3.23. The topological polar surface area (TPSA) is 102 Å². The average Bonchev–Trinajstić information content (AvgIpc) is 2.43. The summed E-state index contributed by atoms with van der Waals surface area (Å²) in [6.45, 7) is 1.96. The summed E-state index contributed by atoms with van der Waals surface area (Å²) in [6.07, 6.45) is 1.13. The van der Waals surface area contributed by atoms with Crippen LogP contribution in [-0.4, -0.2) is 39.8 Å². The number of amides is 2. The Morgan fingerprint density at radius 1 is 1.14 bits per heavy atom. The van der Waals surface area contributed by atoms with Gasteiger partial charge in [0.15, 0.2) is 9.84 Å². The van der Waals surface area contributed by atoms with Crippen LogP contribution in [-0.2, 0) is 25.9 Å². The number of carbonyl (C=O) groups is 2. The monoisotopic (exact) mass is 314 g/mol. The Morgan fingerprint density at radius 3 is 2.29 bits per heavy atom. The van der Waals surface area contributed by atoms with E-state index in [1.807, 2.05) is 0 Å². The van der Waals surface area contributed by atoms with Crippen molar-refractivity contribution >= 4 is 21.8 Å². The van der Waals surface area contributed by atoms with Gasteiger partial charge < -0.3 is 15.4 Å². The average molecular weight is 314 g/mol. The van der Waals surface area contributed by atoms with Gasteiger partial charge in [0.25, 0.3) is 0 Å². The van der Waals surface area contributed by atoms with Gasteiger partial charge in [-0.3, -0.25) is 4.79 Å². The van der Waals surface area contributed by atoms with Crippen LogP contribution in [0.4, 0.5) is 4.79 Å². The standard InChI is InChI=1S/C13H18N2O5S/c1-3-20-12(16)9-15-13(17)14-8-10-4-6-11(7-5-10)21(2,18)19/h4-7H,3,8-9H2,1-2H3,(H2,14,15,17). The van der Waals surface area contributed by atoms with Crippen molar-refractivity contribution in [2.45, 2.75) is 18.4 Å². The third-order valence-corrected chi connectivity index (χ3v) is 3.63. The number of esters is 1. The van der Waals surface area contributed by atoms with Gasteiger partial charge in [-0.25, -0.2) is 13.2 Å². The molecule has 0 radical (unpaired) electrons. The second-order valence-corrected chi connectivity index (χ2v) is 6.27. The van der Waals surface area contributed by atoms with Gasteiger partial charge in [-0.1, -0.05) is 12.1 Å². The van der Waals surface area contributed by atoms with Gasteiger partial charge in [-0.2, -0.15) is 0 Å². The molecular weight excluding hydrogens is 296 g/mol. The number of carbonyl (C=O) groups excluding carboxylic acids is 2. The summed E-state index contributed by atoms with van der Waals surface area (Å²) in [5.74, 6) is -0.509. The van der Waals surface area contributed by atoms with E-state index in [2.05, 4.69) is 15.4 Å². The molecule has 0 aromatic heterocycles. The lowest BCUT2D eigenvalue weighted by Crippen LogP contribution is -2.38. The lowest BCUT2D eigenvalue weighted by atomic mass is 10.2. The van der Waals surface area contributed by atoms with Crippen molar-refractivity contribution < 1.29 is 22.7 Å². The summed E-state index contributed by atoms with van der Waals surface area (Å²) in [5.41, 5.74) is 0.744. The molecule has 0 aliphatic heterocycles. The molecule has 0 aliphatic carbocycles. The molecule has 0 saturated carbocycles. The number of urea groups is 1. The van der Waals surface area contributed by atoms with Crippen LogP contribution < -0.4 is 10.6 Å². The molecule has 0 unspecified atom stereocenters. The Labute approximate surface area is 123 Å². The Hall–Kier alpha value is -2.09. The molecule has 0 fully saturated rings. The molecule has 0 heterocycles. The molecule has 0 aliphatic rings. The van der Waals surface area contributed by atoms with Crippen molar-refractivity contribution in [3.63, 3.8) is 0 Å². The summed E-state index contributed by atoms with van der Waals surface area (Å²) in [5, 5.41) is 4.90. The molecule has 2 amide bonds. The first kappa shape index (κ1) is 17.0. The SMILES string of the molecule is CCOC(=O)CNC(=O)NCc1ccc(S(C)(=O)=O)cc1. The molecule has 7 nitrogen and oxygen atoms in total. The zero-order valence-corrected chi connectivity index (χ0v) is 12.7. The normalized spacial score (nSPS) is 10.8. The van der Waals surface area contributed by atoms with Gasteiger partial charge in [0.1, 0.15) is 6.54 Å². The number of hydrogen-bond acceptors (Lipinski definition) is 5. The summed E-state index contributed by atoms with van der Waals surface area (Å²) < 4.78 is 27.2. The molecule has 0 atom stereocenters. The maximum absolute atomic E-state index is 11.4. The largest absolute Gasteiger partial charge is 0.465 e. The quantitative estimate of drug-likeness (QED) is 0.742. The molecule has 2 N–H and O–H groups in total. The number of sulfone groups is 1. The van der Waals surface area contributed by atoms with Crippen molar-refractivity contribution in [3.8, 4) is 0 Å². The molecule has 1 aromatic carbocycles. The Kier molecular flexibility index (Phi) is 6.16. The van der Waals surface area contributed by atoms with E-state index >= 15 is 0 Å². The van der Waals surface area contributed by atoms with E-state index in [1.54, 1.807) is 19.1 Å². The predicted octanol–water partition coefficient (Wildman–Crippen LogP) is 0.452. The van der Waals surface area contributed by atoms with E-state index in [-0.39, 0.29) is 24.6 Å². The highest BCUT2D eigenvalue weighted by molar-refractivity contribution is 7.90. The number of rotatable bonds is 6. The Bertz CT molecular complexity index is 595. The summed E-state index contributed by atoms with van der Waals surface area (Å²) >= 11 is 0. The second kappa shape index (κ2) is 7.63. The van der Waals surface area contributed by atoms with Crippen LogP contribution in [0, 0.1) is 0 Å². The van der Waals surface area contributed by atoms with Gasteiger partial charge >= 0.3 is 12.0 Å². The first-order valence-electron chi connectivity index (χ1n) is 6.29. The highest BCUT2D eigenvalue weighted by Crippen LogP contribution is 2.09. The van der Waals surface area contributed by atoms with Gasteiger partial charge in [0.2, 0.25) is 0 Å². The minimum Gasteiger partial charge on any atom is -0.465 e. The van der Waals surface area contributed by atoms with Crippen LogP contribution in [0.5, 0.6) is 0 Å². The maximum atomic E-state index is 11.4. The smallest absolute Gasteiger partial charge is 0.325 e. The molecular formula is C13H18N2O5S. The lowest BCUT2D eigenvalue weighted by molar-refractivity contribution is -0.141. The van der Waals surface area contributed by atoms with E-state index < -0.39 is 21.8 Å². The van der Waals surface area contributed by atoms with E-state index in [0.29, 0.717) is 0 Å². The highest BCUT2D eigenvalue weighted by atomic mass is 32.2. The van der Waals surface area contributed by atoms with Crippen LogP contribution >= 0.6 is 0 Å². The van der Waals surface area contributed by atoms with Crippen LogP contribution in [0.15, 0.2) is 29.2 Å². The van der Waals surface area contributed by atoms with Crippen LogP contribution in [0.3, 0.4) is 0 Å². The molecule has 116 valence electrons.